The van der Waals surface area contributed by atoms with Crippen LogP contribution in [0.2, 0.25) is 0 Å². The van der Waals surface area contributed by atoms with Gasteiger partial charge in [-0.2, -0.15) is 0 Å². The number of aliphatic hydroxyl groups excluding tert-OH is 1. The van der Waals surface area contributed by atoms with E-state index in [2.05, 4.69) is 0 Å². The lowest BCUT2D eigenvalue weighted by molar-refractivity contribution is -0.150. The minimum Gasteiger partial charge on any atom is -0.481 e. The third-order valence-electron chi connectivity index (χ3n) is 5.30. The molecule has 0 amide bonds. The van der Waals surface area contributed by atoms with E-state index in [1.165, 1.54) is 25.2 Å². The summed E-state index contributed by atoms with van der Waals surface area (Å²) in [5.74, 6) is -3.48. The lowest BCUT2D eigenvalue weighted by Gasteiger charge is -2.40. The van der Waals surface area contributed by atoms with Crippen molar-refractivity contribution in [2.75, 3.05) is 0 Å². The van der Waals surface area contributed by atoms with E-state index < -0.39 is 35.3 Å². The molecule has 1 aromatic carbocycles. The minimum atomic E-state index is -1.36. The molecule has 4 atom stereocenters. The van der Waals surface area contributed by atoms with Crippen LogP contribution in [0.5, 0.6) is 0 Å². The molecule has 0 saturated heterocycles. The molecule has 1 aromatic rings. The lowest BCUT2D eigenvalue weighted by Crippen LogP contribution is -2.45. The highest BCUT2D eigenvalue weighted by Gasteiger charge is 2.49. The lowest BCUT2D eigenvalue weighted by atomic mass is 9.62. The molecule has 0 aliphatic heterocycles. The first-order valence-corrected chi connectivity index (χ1v) is 8.85. The van der Waals surface area contributed by atoms with Gasteiger partial charge in [-0.1, -0.05) is 48.6 Å². The van der Waals surface area contributed by atoms with E-state index in [0.717, 1.165) is 18.4 Å². The van der Waals surface area contributed by atoms with Gasteiger partial charge in [0, 0.05) is 11.5 Å². The average molecular weight is 358 g/mol. The molecule has 0 fully saturated rings. The van der Waals surface area contributed by atoms with E-state index in [-0.39, 0.29) is 5.57 Å². The molecular weight excluding hydrogens is 332 g/mol. The summed E-state index contributed by atoms with van der Waals surface area (Å²) in [7, 11) is 0. The van der Waals surface area contributed by atoms with Crippen molar-refractivity contribution in [2.45, 2.75) is 39.2 Å². The van der Waals surface area contributed by atoms with Crippen molar-refractivity contribution in [3.63, 3.8) is 0 Å². The van der Waals surface area contributed by atoms with Gasteiger partial charge in [-0.3, -0.25) is 4.79 Å². The second-order valence-corrected chi connectivity index (χ2v) is 7.13. The molecule has 5 nitrogen and oxygen atoms in total. The van der Waals surface area contributed by atoms with E-state index in [4.69, 9.17) is 0 Å². The highest BCUT2D eigenvalue weighted by atomic mass is 16.4. The van der Waals surface area contributed by atoms with Gasteiger partial charge in [0.2, 0.25) is 0 Å². The van der Waals surface area contributed by atoms with Gasteiger partial charge in [-0.05, 0) is 44.6 Å². The Morgan fingerprint density at radius 2 is 1.85 bits per heavy atom. The maximum atomic E-state index is 11.9. The summed E-state index contributed by atoms with van der Waals surface area (Å²) in [6, 6.07) is 9.90. The van der Waals surface area contributed by atoms with Crippen LogP contribution in [-0.4, -0.2) is 33.4 Å². The van der Waals surface area contributed by atoms with Crippen LogP contribution in [0.25, 0.3) is 0 Å². The first-order chi connectivity index (χ1) is 12.3. The molecule has 3 N–H and O–H groups in total. The normalized spacial score (nSPS) is 24.6. The van der Waals surface area contributed by atoms with Crippen LogP contribution in [-0.2, 0) is 16.0 Å². The molecule has 0 spiro atoms. The van der Waals surface area contributed by atoms with Gasteiger partial charge >= 0.3 is 11.9 Å². The van der Waals surface area contributed by atoms with Crippen molar-refractivity contribution in [2.24, 2.45) is 17.3 Å². The number of aryl methyl sites for hydroxylation is 1. The molecule has 0 aromatic heterocycles. The molecule has 1 aliphatic carbocycles. The summed E-state index contributed by atoms with van der Waals surface area (Å²) < 4.78 is 0. The first-order valence-electron chi connectivity index (χ1n) is 8.85. The predicted octanol–water partition coefficient (Wildman–Crippen LogP) is 3.29. The van der Waals surface area contributed by atoms with E-state index in [0.29, 0.717) is 6.42 Å². The van der Waals surface area contributed by atoms with Crippen molar-refractivity contribution in [3.05, 3.63) is 59.7 Å². The Bertz CT molecular complexity index is 704. The Kier molecular flexibility index (Phi) is 6.37. The summed E-state index contributed by atoms with van der Waals surface area (Å²) in [5, 5.41) is 29.7. The summed E-state index contributed by atoms with van der Waals surface area (Å²) in [4.78, 5) is 23.6. The second kappa shape index (κ2) is 8.32. The van der Waals surface area contributed by atoms with Gasteiger partial charge < -0.3 is 15.3 Å². The summed E-state index contributed by atoms with van der Waals surface area (Å²) in [6.07, 6.45) is 5.72. The van der Waals surface area contributed by atoms with E-state index in [9.17, 15) is 24.9 Å². The predicted molar refractivity (Wildman–Crippen MR) is 98.6 cm³/mol. The number of aliphatic hydroxyl groups is 1. The number of carbonyl (C=O) groups is 2. The molecular formula is C21H26O5. The molecule has 0 bridgehead atoms. The zero-order valence-corrected chi connectivity index (χ0v) is 15.1. The fraction of sp³-hybridized carbons (Fsp3) is 0.429. The SMILES string of the molecule is CC(O)C(CCCc1ccccc1)C1C(C(=O)O)=CC=CC1(C)C(=O)O. The Hall–Kier alpha value is -2.40. The number of hydrogen-bond donors (Lipinski definition) is 3. The number of benzene rings is 1. The van der Waals surface area contributed by atoms with E-state index in [1.54, 1.807) is 6.92 Å². The molecule has 1 aliphatic rings. The number of hydrogen-bond acceptors (Lipinski definition) is 3. The zero-order chi connectivity index (χ0) is 19.3. The second-order valence-electron chi connectivity index (χ2n) is 7.13. The van der Waals surface area contributed by atoms with Crippen molar-refractivity contribution in [1.29, 1.82) is 0 Å². The van der Waals surface area contributed by atoms with Crippen LogP contribution in [0, 0.1) is 17.3 Å². The maximum absolute atomic E-state index is 11.9. The van der Waals surface area contributed by atoms with Crippen LogP contribution in [0.3, 0.4) is 0 Å². The number of aliphatic carboxylic acids is 2. The van der Waals surface area contributed by atoms with Crippen molar-refractivity contribution < 1.29 is 24.9 Å². The van der Waals surface area contributed by atoms with Gasteiger partial charge in [0.25, 0.3) is 0 Å². The molecule has 0 heterocycles. The number of rotatable bonds is 8. The van der Waals surface area contributed by atoms with Crippen LogP contribution >= 0.6 is 0 Å². The molecule has 2 rings (SSSR count). The molecule has 4 unspecified atom stereocenters. The maximum Gasteiger partial charge on any atom is 0.331 e. The van der Waals surface area contributed by atoms with Gasteiger partial charge in [0.15, 0.2) is 0 Å². The van der Waals surface area contributed by atoms with E-state index in [1.807, 2.05) is 30.3 Å². The molecule has 0 saturated carbocycles. The Balaban J connectivity index is 2.26. The van der Waals surface area contributed by atoms with Gasteiger partial charge in [0.05, 0.1) is 11.5 Å². The van der Waals surface area contributed by atoms with Crippen LogP contribution < -0.4 is 0 Å². The van der Waals surface area contributed by atoms with Gasteiger partial charge in [0.1, 0.15) is 0 Å². The monoisotopic (exact) mass is 358 g/mol. The smallest absolute Gasteiger partial charge is 0.331 e. The number of allylic oxidation sites excluding steroid dienone is 2. The molecule has 140 valence electrons. The highest BCUT2D eigenvalue weighted by Crippen LogP contribution is 2.45. The number of carboxylic acid groups (broad SMARTS) is 2. The van der Waals surface area contributed by atoms with Gasteiger partial charge in [-0.25, -0.2) is 4.79 Å². The van der Waals surface area contributed by atoms with Crippen LogP contribution in [0.1, 0.15) is 32.3 Å². The Labute approximate surface area is 153 Å². The average Bonchev–Trinajstić information content (AvgIpc) is 2.59. The van der Waals surface area contributed by atoms with Crippen LogP contribution in [0.15, 0.2) is 54.1 Å². The summed E-state index contributed by atoms with van der Waals surface area (Å²) in [5.41, 5.74) is -0.157. The van der Waals surface area contributed by atoms with Crippen molar-refractivity contribution >= 4 is 11.9 Å². The van der Waals surface area contributed by atoms with Crippen molar-refractivity contribution in [3.8, 4) is 0 Å². The van der Waals surface area contributed by atoms with E-state index >= 15 is 0 Å². The fourth-order valence-corrected chi connectivity index (χ4v) is 3.84. The topological polar surface area (TPSA) is 94.8 Å². The standard InChI is InChI=1S/C21H26O5/c1-14(22)16(11-6-10-15-8-4-3-5-9-15)18-17(19(23)24)12-7-13-21(18,2)20(25)26/h3-5,7-9,12-14,16,18,22H,6,10-11H2,1-2H3,(H,23,24)(H,25,26). The van der Waals surface area contributed by atoms with Crippen molar-refractivity contribution in [1.82, 2.24) is 0 Å². The zero-order valence-electron chi connectivity index (χ0n) is 15.1. The minimum absolute atomic E-state index is 0.0445. The largest absolute Gasteiger partial charge is 0.481 e. The summed E-state index contributed by atoms with van der Waals surface area (Å²) in [6.45, 7) is 3.13. The fourth-order valence-electron chi connectivity index (χ4n) is 3.84. The Morgan fingerprint density at radius 1 is 1.19 bits per heavy atom. The third kappa shape index (κ3) is 4.22. The third-order valence-corrected chi connectivity index (χ3v) is 5.30. The quantitative estimate of drug-likeness (QED) is 0.663. The van der Waals surface area contributed by atoms with Crippen LogP contribution in [0.4, 0.5) is 0 Å². The first kappa shape index (κ1) is 19.9. The number of carboxylic acids is 2. The van der Waals surface area contributed by atoms with Gasteiger partial charge in [-0.15, -0.1) is 0 Å². The highest BCUT2D eigenvalue weighted by molar-refractivity contribution is 5.91. The molecule has 5 heteroatoms. The Morgan fingerprint density at radius 3 is 2.38 bits per heavy atom. The molecule has 26 heavy (non-hydrogen) atoms. The molecule has 0 radical (unpaired) electrons. The summed E-state index contributed by atoms with van der Waals surface area (Å²) >= 11 is 0.